The molecule has 4 rings (SSSR count). The smallest absolute Gasteiger partial charge is 0.124 e. The van der Waals surface area contributed by atoms with E-state index in [0.29, 0.717) is 6.04 Å². The number of nitrogens with one attached hydrogen (secondary N) is 1. The van der Waals surface area contributed by atoms with Gasteiger partial charge in [-0.3, -0.25) is 0 Å². The number of aliphatic hydroxyl groups excluding tert-OH is 1. The van der Waals surface area contributed by atoms with Gasteiger partial charge in [0.1, 0.15) is 11.4 Å². The van der Waals surface area contributed by atoms with Gasteiger partial charge in [0.25, 0.3) is 0 Å². The van der Waals surface area contributed by atoms with Gasteiger partial charge in [0.05, 0.1) is 6.61 Å². The van der Waals surface area contributed by atoms with Crippen molar-refractivity contribution >= 4 is 0 Å². The summed E-state index contributed by atoms with van der Waals surface area (Å²) in [5, 5.41) is 12.9. The Balaban J connectivity index is 1.41. The molecule has 1 aliphatic heterocycles. The number of aliphatic hydroxyl groups is 1. The first-order valence-corrected chi connectivity index (χ1v) is 8.98. The Labute approximate surface area is 143 Å². The van der Waals surface area contributed by atoms with Gasteiger partial charge in [-0.15, -0.1) is 0 Å². The lowest BCUT2D eigenvalue weighted by molar-refractivity contribution is -0.0368. The molecule has 0 radical (unpaired) electrons. The fraction of sp³-hybridized carbons (Fsp3) is 0.429. The van der Waals surface area contributed by atoms with Crippen molar-refractivity contribution in [2.75, 3.05) is 6.54 Å². The third-order valence-corrected chi connectivity index (χ3v) is 5.47. The monoisotopic (exact) mass is 323 g/mol. The van der Waals surface area contributed by atoms with E-state index >= 15 is 0 Å². The van der Waals surface area contributed by atoms with E-state index in [1.807, 2.05) is 12.1 Å². The van der Waals surface area contributed by atoms with Crippen LogP contribution in [-0.4, -0.2) is 17.3 Å². The quantitative estimate of drug-likeness (QED) is 0.880. The minimum atomic E-state index is 0.0782. The zero-order chi connectivity index (χ0) is 16.4. The second-order valence-electron chi connectivity index (χ2n) is 7.11. The average Bonchev–Trinajstić information content (AvgIpc) is 2.61. The van der Waals surface area contributed by atoms with Crippen LogP contribution in [0.5, 0.6) is 5.75 Å². The Morgan fingerprint density at radius 2 is 1.79 bits per heavy atom. The standard InChI is InChI=1S/C21H25NO2/c23-15-17-8-6-16(7-9-17)10-13-22-19-14-21(11-3-12-21)24-20-5-2-1-4-18(19)20/h1-2,4-9,19,22-23H,3,10-15H2. The summed E-state index contributed by atoms with van der Waals surface area (Å²) in [4.78, 5) is 0. The van der Waals surface area contributed by atoms with Crippen LogP contribution in [0.25, 0.3) is 0 Å². The van der Waals surface area contributed by atoms with Gasteiger partial charge in [0.15, 0.2) is 0 Å². The summed E-state index contributed by atoms with van der Waals surface area (Å²) in [6.45, 7) is 1.06. The minimum Gasteiger partial charge on any atom is -0.487 e. The topological polar surface area (TPSA) is 41.5 Å². The molecule has 2 aliphatic rings. The van der Waals surface area contributed by atoms with Crippen molar-refractivity contribution in [2.45, 2.75) is 50.4 Å². The summed E-state index contributed by atoms with van der Waals surface area (Å²) in [5.74, 6) is 1.06. The second kappa shape index (κ2) is 6.58. The Kier molecular flexibility index (Phi) is 4.30. The first kappa shape index (κ1) is 15.7. The normalized spacial score (nSPS) is 21.0. The summed E-state index contributed by atoms with van der Waals surface area (Å²) in [7, 11) is 0. The summed E-state index contributed by atoms with van der Waals surface area (Å²) < 4.78 is 6.31. The van der Waals surface area contributed by atoms with E-state index in [0.717, 1.165) is 30.7 Å². The number of rotatable bonds is 5. The van der Waals surface area contributed by atoms with Crippen LogP contribution in [0.2, 0.25) is 0 Å². The maximum Gasteiger partial charge on any atom is 0.124 e. The molecule has 1 unspecified atom stereocenters. The van der Waals surface area contributed by atoms with Crippen molar-refractivity contribution in [2.24, 2.45) is 0 Å². The molecule has 24 heavy (non-hydrogen) atoms. The second-order valence-corrected chi connectivity index (χ2v) is 7.11. The van der Waals surface area contributed by atoms with Crippen LogP contribution < -0.4 is 10.1 Å². The van der Waals surface area contributed by atoms with Gasteiger partial charge in [0, 0.05) is 18.0 Å². The van der Waals surface area contributed by atoms with Crippen LogP contribution in [0.4, 0.5) is 0 Å². The van der Waals surface area contributed by atoms with Gasteiger partial charge in [-0.25, -0.2) is 0 Å². The molecule has 0 saturated heterocycles. The number of hydrogen-bond acceptors (Lipinski definition) is 3. The highest BCUT2D eigenvalue weighted by molar-refractivity contribution is 5.39. The summed E-state index contributed by atoms with van der Waals surface area (Å²) in [6, 6.07) is 17.1. The number of fused-ring (bicyclic) bond motifs is 1. The number of benzene rings is 2. The molecular formula is C21H25NO2. The number of ether oxygens (including phenoxy) is 1. The predicted octanol–water partition coefficient (Wildman–Crippen LogP) is 3.76. The minimum absolute atomic E-state index is 0.0782. The molecule has 1 aliphatic carbocycles. The number of hydrogen-bond donors (Lipinski definition) is 2. The van der Waals surface area contributed by atoms with Crippen molar-refractivity contribution in [3.05, 3.63) is 65.2 Å². The third-order valence-electron chi connectivity index (χ3n) is 5.47. The summed E-state index contributed by atoms with van der Waals surface area (Å²) >= 11 is 0. The SMILES string of the molecule is OCc1ccc(CCNC2CC3(CCC3)Oc3ccccc32)cc1. The van der Waals surface area contributed by atoms with Crippen molar-refractivity contribution < 1.29 is 9.84 Å². The Bertz CT molecular complexity index is 691. The van der Waals surface area contributed by atoms with Gasteiger partial charge in [0.2, 0.25) is 0 Å². The molecule has 0 amide bonds. The van der Waals surface area contributed by atoms with Crippen LogP contribution >= 0.6 is 0 Å². The van der Waals surface area contributed by atoms with Gasteiger partial charge in [-0.2, -0.15) is 0 Å². The zero-order valence-corrected chi connectivity index (χ0v) is 14.0. The largest absolute Gasteiger partial charge is 0.487 e. The highest BCUT2D eigenvalue weighted by Gasteiger charge is 2.45. The van der Waals surface area contributed by atoms with E-state index in [4.69, 9.17) is 9.84 Å². The van der Waals surface area contributed by atoms with Crippen LogP contribution in [0.15, 0.2) is 48.5 Å². The van der Waals surface area contributed by atoms with Crippen LogP contribution in [0, 0.1) is 0 Å². The molecule has 1 spiro atoms. The zero-order valence-electron chi connectivity index (χ0n) is 14.0. The van der Waals surface area contributed by atoms with Gasteiger partial charge in [-0.05, 0) is 49.4 Å². The first-order valence-electron chi connectivity index (χ1n) is 8.98. The highest BCUT2D eigenvalue weighted by atomic mass is 16.5. The molecule has 1 atom stereocenters. The van der Waals surface area contributed by atoms with Gasteiger partial charge >= 0.3 is 0 Å². The fourth-order valence-corrected chi connectivity index (χ4v) is 3.88. The van der Waals surface area contributed by atoms with Crippen molar-refractivity contribution in [1.29, 1.82) is 0 Å². The maximum atomic E-state index is 9.12. The van der Waals surface area contributed by atoms with E-state index in [1.165, 1.54) is 30.4 Å². The van der Waals surface area contributed by atoms with E-state index in [2.05, 4.69) is 41.7 Å². The van der Waals surface area contributed by atoms with Crippen LogP contribution in [0.3, 0.4) is 0 Å². The lowest BCUT2D eigenvalue weighted by Crippen LogP contribution is -2.49. The summed E-state index contributed by atoms with van der Waals surface area (Å²) in [6.07, 6.45) is 5.72. The maximum absolute atomic E-state index is 9.12. The highest BCUT2D eigenvalue weighted by Crippen LogP contribution is 2.48. The van der Waals surface area contributed by atoms with E-state index in [9.17, 15) is 0 Å². The molecule has 0 bridgehead atoms. The van der Waals surface area contributed by atoms with Crippen LogP contribution in [-0.2, 0) is 13.0 Å². The molecule has 3 heteroatoms. The Hall–Kier alpha value is -1.84. The van der Waals surface area contributed by atoms with E-state index in [-0.39, 0.29) is 12.2 Å². The predicted molar refractivity (Wildman–Crippen MR) is 95.1 cm³/mol. The summed E-state index contributed by atoms with van der Waals surface area (Å²) in [5.41, 5.74) is 3.65. The van der Waals surface area contributed by atoms with Gasteiger partial charge in [-0.1, -0.05) is 42.5 Å². The van der Waals surface area contributed by atoms with Gasteiger partial charge < -0.3 is 15.2 Å². The number of para-hydroxylation sites is 1. The van der Waals surface area contributed by atoms with E-state index < -0.39 is 0 Å². The molecule has 0 aromatic heterocycles. The van der Waals surface area contributed by atoms with Crippen molar-refractivity contribution in [1.82, 2.24) is 5.32 Å². The Morgan fingerprint density at radius 3 is 2.50 bits per heavy atom. The molecular weight excluding hydrogens is 298 g/mol. The molecule has 1 fully saturated rings. The van der Waals surface area contributed by atoms with Crippen molar-refractivity contribution in [3.63, 3.8) is 0 Å². The molecule has 2 aromatic carbocycles. The molecule has 2 N–H and O–H groups in total. The van der Waals surface area contributed by atoms with E-state index in [1.54, 1.807) is 0 Å². The third kappa shape index (κ3) is 3.06. The Morgan fingerprint density at radius 1 is 1.04 bits per heavy atom. The molecule has 126 valence electrons. The lowest BCUT2D eigenvalue weighted by Gasteiger charge is -2.48. The van der Waals surface area contributed by atoms with Crippen LogP contribution in [0.1, 0.15) is 48.4 Å². The molecule has 2 aromatic rings. The molecule has 1 saturated carbocycles. The average molecular weight is 323 g/mol. The molecule has 3 nitrogen and oxygen atoms in total. The van der Waals surface area contributed by atoms with Crippen molar-refractivity contribution in [3.8, 4) is 5.75 Å². The lowest BCUT2D eigenvalue weighted by atomic mass is 9.73. The fourth-order valence-electron chi connectivity index (χ4n) is 3.88. The molecule has 1 heterocycles. The first-order chi connectivity index (χ1) is 11.8.